The second-order valence-electron chi connectivity index (χ2n) is 1.83. The zero-order valence-corrected chi connectivity index (χ0v) is 8.27. The molecule has 0 rings (SSSR count). The van der Waals surface area contributed by atoms with E-state index in [1.54, 1.807) is 0 Å². The third-order valence-corrected chi connectivity index (χ3v) is 1.66. The smallest absolute Gasteiger partial charge is 0.316 e. The van der Waals surface area contributed by atoms with E-state index in [9.17, 15) is 4.79 Å². The van der Waals surface area contributed by atoms with Gasteiger partial charge in [-0.3, -0.25) is 4.79 Å². The van der Waals surface area contributed by atoms with Crippen molar-refractivity contribution in [3.05, 3.63) is 0 Å². The minimum absolute atomic E-state index is 0.0135. The molecule has 0 aliphatic heterocycles. The highest BCUT2D eigenvalue weighted by atomic mass is 33.1. The van der Waals surface area contributed by atoms with Gasteiger partial charge in [-0.05, 0) is 0 Å². The number of aliphatic hydroxyl groups is 1. The van der Waals surface area contributed by atoms with Gasteiger partial charge in [0, 0.05) is 0 Å². The van der Waals surface area contributed by atoms with E-state index in [-0.39, 0.29) is 31.5 Å². The van der Waals surface area contributed by atoms with E-state index in [4.69, 9.17) is 14.6 Å². The topological polar surface area (TPSA) is 55.8 Å². The van der Waals surface area contributed by atoms with E-state index in [1.807, 2.05) is 0 Å². The average Bonchev–Trinajstić information content (AvgIpc) is 2.05. The van der Waals surface area contributed by atoms with Crippen LogP contribution < -0.4 is 0 Å². The molecule has 0 aromatic carbocycles. The highest BCUT2D eigenvalue weighted by Gasteiger charge is 1.99. The van der Waals surface area contributed by atoms with Gasteiger partial charge in [0.2, 0.25) is 0 Å². The molecule has 0 unspecified atom stereocenters. The van der Waals surface area contributed by atoms with Crippen molar-refractivity contribution in [2.24, 2.45) is 0 Å². The molecule has 0 aromatic rings. The van der Waals surface area contributed by atoms with Crippen LogP contribution in [0.3, 0.4) is 0 Å². The van der Waals surface area contributed by atoms with Crippen molar-refractivity contribution < 1.29 is 19.4 Å². The lowest BCUT2D eigenvalue weighted by Gasteiger charge is -2.03. The first kappa shape index (κ1) is 12.1. The molecule has 0 radical (unpaired) electrons. The Balaban J connectivity index is 3.03. The van der Waals surface area contributed by atoms with Crippen molar-refractivity contribution in [3.63, 3.8) is 0 Å². The van der Waals surface area contributed by atoms with Gasteiger partial charge in [-0.2, -0.15) is 0 Å². The highest BCUT2D eigenvalue weighted by Crippen LogP contribution is 2.03. The van der Waals surface area contributed by atoms with Crippen LogP contribution in [0.1, 0.15) is 0 Å². The molecule has 0 amide bonds. The minimum atomic E-state index is -0.303. The summed E-state index contributed by atoms with van der Waals surface area (Å²) in [7, 11) is 1.12. The van der Waals surface area contributed by atoms with Crippen molar-refractivity contribution in [1.29, 1.82) is 0 Å². The van der Waals surface area contributed by atoms with Crippen LogP contribution in [-0.4, -0.2) is 43.3 Å². The predicted molar refractivity (Wildman–Crippen MR) is 50.3 cm³/mol. The van der Waals surface area contributed by atoms with Gasteiger partial charge in [0.15, 0.2) is 0 Å². The van der Waals surface area contributed by atoms with E-state index < -0.39 is 0 Å². The first-order chi connectivity index (χ1) is 5.81. The molecule has 0 heterocycles. The summed E-state index contributed by atoms with van der Waals surface area (Å²) in [5, 5.41) is 8.31. The van der Waals surface area contributed by atoms with E-state index in [0.717, 1.165) is 10.8 Å². The molecule has 72 valence electrons. The molecule has 0 spiro atoms. The molecule has 0 bridgehead atoms. The van der Waals surface area contributed by atoms with Gasteiger partial charge in [-0.15, -0.1) is 11.7 Å². The number of esters is 1. The van der Waals surface area contributed by atoms with Gasteiger partial charge in [-0.25, -0.2) is 0 Å². The zero-order valence-electron chi connectivity index (χ0n) is 6.56. The standard InChI is InChI=1S/C6H12O4S2/c7-1-2-9-3-4-10-6(8)5-12-11/h7,11H,1-5H2. The Morgan fingerprint density at radius 3 is 2.75 bits per heavy atom. The number of thiol groups is 1. The lowest BCUT2D eigenvalue weighted by Crippen LogP contribution is -2.12. The van der Waals surface area contributed by atoms with Crippen LogP contribution in [0.15, 0.2) is 0 Å². The monoisotopic (exact) mass is 212 g/mol. The molecule has 0 fully saturated rings. The van der Waals surface area contributed by atoms with Crippen LogP contribution in [0, 0.1) is 0 Å². The lowest BCUT2D eigenvalue weighted by molar-refractivity contribution is -0.142. The molecule has 1 N–H and O–H groups in total. The van der Waals surface area contributed by atoms with E-state index in [1.165, 1.54) is 0 Å². The summed E-state index contributed by atoms with van der Waals surface area (Å²) in [4.78, 5) is 10.7. The zero-order chi connectivity index (χ0) is 9.23. The second kappa shape index (κ2) is 9.18. The molecule has 4 nitrogen and oxygen atoms in total. The van der Waals surface area contributed by atoms with Gasteiger partial charge in [0.05, 0.1) is 19.8 Å². The molecular formula is C6H12O4S2. The number of aliphatic hydroxyl groups excluding tert-OH is 1. The maximum absolute atomic E-state index is 10.7. The summed E-state index contributed by atoms with van der Waals surface area (Å²) < 4.78 is 9.57. The quantitative estimate of drug-likeness (QED) is 0.272. The predicted octanol–water partition coefficient (Wildman–Crippen LogP) is 0.117. The van der Waals surface area contributed by atoms with Gasteiger partial charge in [0.1, 0.15) is 12.4 Å². The normalized spacial score (nSPS) is 9.83. The van der Waals surface area contributed by atoms with Crippen molar-refractivity contribution in [2.45, 2.75) is 0 Å². The summed E-state index contributed by atoms with van der Waals surface area (Å²) in [5.41, 5.74) is 0. The van der Waals surface area contributed by atoms with Crippen LogP contribution >= 0.6 is 22.5 Å². The number of rotatable bonds is 7. The summed E-state index contributed by atoms with van der Waals surface area (Å²) in [5.74, 6) is -0.0640. The van der Waals surface area contributed by atoms with Crippen molar-refractivity contribution in [1.82, 2.24) is 0 Å². The molecule has 0 aromatic heterocycles. The Bertz CT molecular complexity index is 120. The van der Waals surface area contributed by atoms with Crippen LogP contribution in [0.4, 0.5) is 0 Å². The number of carbonyl (C=O) groups is 1. The Labute approximate surface area is 80.4 Å². The molecule has 6 heteroatoms. The van der Waals surface area contributed by atoms with Gasteiger partial charge >= 0.3 is 5.97 Å². The van der Waals surface area contributed by atoms with E-state index >= 15 is 0 Å². The fourth-order valence-electron chi connectivity index (χ4n) is 0.475. The van der Waals surface area contributed by atoms with Crippen molar-refractivity contribution >= 4 is 28.4 Å². The fraction of sp³-hybridized carbons (Fsp3) is 0.833. The molecular weight excluding hydrogens is 200 g/mol. The Morgan fingerprint density at radius 2 is 2.17 bits per heavy atom. The SMILES string of the molecule is O=C(CSS)OCCOCCO. The van der Waals surface area contributed by atoms with Crippen LogP contribution in [-0.2, 0) is 14.3 Å². The molecule has 0 aliphatic carbocycles. The Morgan fingerprint density at radius 1 is 1.42 bits per heavy atom. The van der Waals surface area contributed by atoms with Crippen LogP contribution in [0.2, 0.25) is 0 Å². The highest BCUT2D eigenvalue weighted by molar-refractivity contribution is 8.68. The van der Waals surface area contributed by atoms with Gasteiger partial charge in [-0.1, -0.05) is 10.8 Å². The number of hydrogen-bond donors (Lipinski definition) is 2. The molecule has 0 aliphatic rings. The maximum Gasteiger partial charge on any atom is 0.316 e. The van der Waals surface area contributed by atoms with Crippen LogP contribution in [0.25, 0.3) is 0 Å². The molecule has 12 heavy (non-hydrogen) atoms. The van der Waals surface area contributed by atoms with Gasteiger partial charge < -0.3 is 14.6 Å². The summed E-state index contributed by atoms with van der Waals surface area (Å²) in [6.45, 7) is 0.815. The van der Waals surface area contributed by atoms with Gasteiger partial charge in [0.25, 0.3) is 0 Å². The second-order valence-corrected chi connectivity index (χ2v) is 3.15. The maximum atomic E-state index is 10.7. The van der Waals surface area contributed by atoms with Crippen LogP contribution in [0.5, 0.6) is 0 Å². The summed E-state index contributed by atoms with van der Waals surface area (Å²) in [6.07, 6.45) is 0. The van der Waals surface area contributed by atoms with E-state index in [2.05, 4.69) is 11.7 Å². The van der Waals surface area contributed by atoms with Crippen molar-refractivity contribution in [2.75, 3.05) is 32.2 Å². The summed E-state index contributed by atoms with van der Waals surface area (Å²) in [6, 6.07) is 0. The first-order valence-electron chi connectivity index (χ1n) is 3.42. The number of hydrogen-bond acceptors (Lipinski definition) is 6. The Kier molecular flexibility index (Phi) is 9.25. The largest absolute Gasteiger partial charge is 0.463 e. The first-order valence-corrected chi connectivity index (χ1v) is 5.45. The molecule has 0 saturated heterocycles. The fourth-order valence-corrected chi connectivity index (χ4v) is 0.980. The Hall–Kier alpha value is 0.0900. The lowest BCUT2D eigenvalue weighted by atomic mass is 10.7. The minimum Gasteiger partial charge on any atom is -0.463 e. The number of carbonyl (C=O) groups excluding carboxylic acids is 1. The average molecular weight is 212 g/mol. The van der Waals surface area contributed by atoms with E-state index in [0.29, 0.717) is 6.61 Å². The number of ether oxygens (including phenoxy) is 2. The molecule has 0 atom stereocenters. The molecule has 0 saturated carbocycles. The van der Waals surface area contributed by atoms with Crippen molar-refractivity contribution in [3.8, 4) is 0 Å². The third kappa shape index (κ3) is 8.19. The third-order valence-electron chi connectivity index (χ3n) is 0.909. The summed E-state index contributed by atoms with van der Waals surface area (Å²) >= 11 is 3.79.